The van der Waals surface area contributed by atoms with Crippen molar-refractivity contribution in [3.05, 3.63) is 33.8 Å². The normalized spacial score (nSPS) is 12.6. The standard InChI is InChI=1S/C15H23Cl2NO/c1-3-8-18-13(5-4-9-19-2)10-12-6-7-14(16)15(17)11-12/h6-7,11,13,18H,3-5,8-10H2,1-2H3. The molecule has 1 aromatic carbocycles. The molecular formula is C15H23Cl2NO. The first-order valence-corrected chi connectivity index (χ1v) is 7.59. The molecule has 0 heterocycles. The molecular weight excluding hydrogens is 281 g/mol. The first-order valence-electron chi connectivity index (χ1n) is 6.83. The van der Waals surface area contributed by atoms with Crippen molar-refractivity contribution in [2.45, 2.75) is 38.6 Å². The van der Waals surface area contributed by atoms with Crippen LogP contribution in [-0.2, 0) is 11.2 Å². The van der Waals surface area contributed by atoms with E-state index in [9.17, 15) is 0 Å². The van der Waals surface area contributed by atoms with Gasteiger partial charge in [-0.3, -0.25) is 0 Å². The second-order valence-corrected chi connectivity index (χ2v) is 5.55. The molecule has 0 aromatic heterocycles. The minimum atomic E-state index is 0.465. The molecule has 0 aliphatic heterocycles. The van der Waals surface area contributed by atoms with Crippen molar-refractivity contribution in [1.29, 1.82) is 0 Å². The number of ether oxygens (including phenoxy) is 1. The van der Waals surface area contributed by atoms with Gasteiger partial charge in [-0.05, 0) is 49.9 Å². The summed E-state index contributed by atoms with van der Waals surface area (Å²) in [7, 11) is 1.74. The van der Waals surface area contributed by atoms with E-state index in [1.54, 1.807) is 7.11 Å². The molecule has 0 bridgehead atoms. The smallest absolute Gasteiger partial charge is 0.0595 e. The van der Waals surface area contributed by atoms with Gasteiger partial charge in [-0.15, -0.1) is 0 Å². The van der Waals surface area contributed by atoms with Crippen molar-refractivity contribution in [2.75, 3.05) is 20.3 Å². The second kappa shape index (κ2) is 9.60. The highest BCUT2D eigenvalue weighted by Crippen LogP contribution is 2.23. The molecule has 0 aliphatic carbocycles. The third kappa shape index (κ3) is 6.62. The molecule has 19 heavy (non-hydrogen) atoms. The molecule has 1 aromatic rings. The van der Waals surface area contributed by atoms with Crippen molar-refractivity contribution in [1.82, 2.24) is 5.32 Å². The number of nitrogens with one attached hydrogen (secondary N) is 1. The van der Waals surface area contributed by atoms with Crippen molar-refractivity contribution < 1.29 is 4.74 Å². The Bertz CT molecular complexity index is 371. The maximum Gasteiger partial charge on any atom is 0.0595 e. The first kappa shape index (κ1) is 16.8. The molecule has 1 rings (SSSR count). The summed E-state index contributed by atoms with van der Waals surface area (Å²) < 4.78 is 5.12. The van der Waals surface area contributed by atoms with Crippen LogP contribution in [0.15, 0.2) is 18.2 Å². The zero-order valence-electron chi connectivity index (χ0n) is 11.7. The van der Waals surface area contributed by atoms with Crippen LogP contribution in [0.2, 0.25) is 10.0 Å². The summed E-state index contributed by atoms with van der Waals surface area (Å²) in [6.45, 7) is 4.03. The molecule has 0 saturated heterocycles. The van der Waals surface area contributed by atoms with Gasteiger partial charge in [0.2, 0.25) is 0 Å². The van der Waals surface area contributed by atoms with Crippen LogP contribution in [0.3, 0.4) is 0 Å². The third-order valence-corrected chi connectivity index (χ3v) is 3.79. The Morgan fingerprint density at radius 1 is 1.26 bits per heavy atom. The van der Waals surface area contributed by atoms with Crippen LogP contribution >= 0.6 is 23.2 Å². The van der Waals surface area contributed by atoms with Crippen molar-refractivity contribution in [3.8, 4) is 0 Å². The van der Waals surface area contributed by atoms with E-state index in [4.69, 9.17) is 27.9 Å². The highest BCUT2D eigenvalue weighted by molar-refractivity contribution is 6.42. The average Bonchev–Trinajstić information content (AvgIpc) is 2.40. The molecule has 1 N–H and O–H groups in total. The van der Waals surface area contributed by atoms with E-state index < -0.39 is 0 Å². The molecule has 2 nitrogen and oxygen atoms in total. The molecule has 0 amide bonds. The number of halogens is 2. The lowest BCUT2D eigenvalue weighted by Gasteiger charge is -2.18. The van der Waals surface area contributed by atoms with Crippen LogP contribution in [0.1, 0.15) is 31.7 Å². The highest BCUT2D eigenvalue weighted by atomic mass is 35.5. The second-order valence-electron chi connectivity index (χ2n) is 4.74. The zero-order chi connectivity index (χ0) is 14.1. The van der Waals surface area contributed by atoms with Gasteiger partial charge in [0.25, 0.3) is 0 Å². The van der Waals surface area contributed by atoms with Crippen molar-refractivity contribution >= 4 is 23.2 Å². The maximum absolute atomic E-state index is 6.06. The van der Waals surface area contributed by atoms with Gasteiger partial charge >= 0.3 is 0 Å². The molecule has 0 fully saturated rings. The Morgan fingerprint density at radius 2 is 2.05 bits per heavy atom. The fourth-order valence-corrected chi connectivity index (χ4v) is 2.37. The van der Waals surface area contributed by atoms with E-state index in [0.717, 1.165) is 38.8 Å². The van der Waals surface area contributed by atoms with Gasteiger partial charge in [0.1, 0.15) is 0 Å². The van der Waals surface area contributed by atoms with Gasteiger partial charge in [-0.25, -0.2) is 0 Å². The lowest BCUT2D eigenvalue weighted by molar-refractivity contribution is 0.188. The Kier molecular flexibility index (Phi) is 8.47. The third-order valence-electron chi connectivity index (χ3n) is 3.05. The van der Waals surface area contributed by atoms with Crippen LogP contribution in [0.4, 0.5) is 0 Å². The molecule has 108 valence electrons. The topological polar surface area (TPSA) is 21.3 Å². The SMILES string of the molecule is CCCNC(CCCOC)Cc1ccc(Cl)c(Cl)c1. The van der Waals surface area contributed by atoms with Crippen LogP contribution < -0.4 is 5.32 Å². The summed E-state index contributed by atoms with van der Waals surface area (Å²) in [6.07, 6.45) is 4.29. The largest absolute Gasteiger partial charge is 0.385 e. The van der Waals surface area contributed by atoms with Gasteiger partial charge in [-0.1, -0.05) is 36.2 Å². The van der Waals surface area contributed by atoms with Crippen molar-refractivity contribution in [2.24, 2.45) is 0 Å². The fraction of sp³-hybridized carbons (Fsp3) is 0.600. The van der Waals surface area contributed by atoms with Gasteiger partial charge in [0.05, 0.1) is 10.0 Å². The Morgan fingerprint density at radius 3 is 2.68 bits per heavy atom. The summed E-state index contributed by atoms with van der Waals surface area (Å²) >= 11 is 12.0. The summed E-state index contributed by atoms with van der Waals surface area (Å²) in [5, 5.41) is 4.82. The number of hydrogen-bond acceptors (Lipinski definition) is 2. The molecule has 1 unspecified atom stereocenters. The van der Waals surface area contributed by atoms with E-state index in [0.29, 0.717) is 16.1 Å². The molecule has 0 spiro atoms. The molecule has 0 radical (unpaired) electrons. The maximum atomic E-state index is 6.06. The van der Waals surface area contributed by atoms with Crippen LogP contribution in [0.25, 0.3) is 0 Å². The minimum absolute atomic E-state index is 0.465. The van der Waals surface area contributed by atoms with Crippen LogP contribution in [-0.4, -0.2) is 26.3 Å². The summed E-state index contributed by atoms with van der Waals surface area (Å²) in [6, 6.07) is 6.34. The molecule has 0 aliphatic rings. The number of benzene rings is 1. The number of methoxy groups -OCH3 is 1. The first-order chi connectivity index (χ1) is 9.17. The monoisotopic (exact) mass is 303 g/mol. The predicted molar refractivity (Wildman–Crippen MR) is 83.4 cm³/mol. The predicted octanol–water partition coefficient (Wildman–Crippen LogP) is 4.33. The lowest BCUT2D eigenvalue weighted by atomic mass is 10.0. The van der Waals surface area contributed by atoms with Crippen LogP contribution in [0, 0.1) is 0 Å². The van der Waals surface area contributed by atoms with E-state index in [2.05, 4.69) is 12.2 Å². The van der Waals surface area contributed by atoms with Crippen LogP contribution in [0.5, 0.6) is 0 Å². The zero-order valence-corrected chi connectivity index (χ0v) is 13.2. The van der Waals surface area contributed by atoms with Gasteiger partial charge < -0.3 is 10.1 Å². The minimum Gasteiger partial charge on any atom is -0.385 e. The fourth-order valence-electron chi connectivity index (χ4n) is 2.05. The summed E-state index contributed by atoms with van der Waals surface area (Å²) in [5.41, 5.74) is 1.22. The van der Waals surface area contributed by atoms with Gasteiger partial charge in [0.15, 0.2) is 0 Å². The van der Waals surface area contributed by atoms with E-state index in [1.165, 1.54) is 5.56 Å². The molecule has 1 atom stereocenters. The van der Waals surface area contributed by atoms with Crippen molar-refractivity contribution in [3.63, 3.8) is 0 Å². The molecule has 4 heteroatoms. The van der Waals surface area contributed by atoms with E-state index in [1.807, 2.05) is 18.2 Å². The Balaban J connectivity index is 2.56. The van der Waals surface area contributed by atoms with E-state index in [-0.39, 0.29) is 0 Å². The van der Waals surface area contributed by atoms with E-state index >= 15 is 0 Å². The van der Waals surface area contributed by atoms with Gasteiger partial charge in [0, 0.05) is 19.8 Å². The highest BCUT2D eigenvalue weighted by Gasteiger charge is 2.09. The summed E-state index contributed by atoms with van der Waals surface area (Å²) in [4.78, 5) is 0. The lowest BCUT2D eigenvalue weighted by Crippen LogP contribution is -2.32. The summed E-state index contributed by atoms with van der Waals surface area (Å²) in [5.74, 6) is 0. The Hall–Kier alpha value is -0.280. The number of rotatable bonds is 9. The quantitative estimate of drug-likeness (QED) is 0.686. The Labute approximate surface area is 126 Å². The number of hydrogen-bond donors (Lipinski definition) is 1. The average molecular weight is 304 g/mol. The molecule has 0 saturated carbocycles. The van der Waals surface area contributed by atoms with Gasteiger partial charge in [-0.2, -0.15) is 0 Å².